The summed E-state index contributed by atoms with van der Waals surface area (Å²) in [4.78, 5) is 12.4. The lowest BCUT2D eigenvalue weighted by Crippen LogP contribution is -2.43. The predicted molar refractivity (Wildman–Crippen MR) is 79.7 cm³/mol. The minimum Gasteiger partial charge on any atom is -0.466 e. The van der Waals surface area contributed by atoms with Gasteiger partial charge in [0.25, 0.3) is 0 Å². The zero-order valence-corrected chi connectivity index (χ0v) is 12.6. The Morgan fingerprint density at radius 1 is 1.32 bits per heavy atom. The minimum absolute atomic E-state index is 0.0306. The molecule has 0 spiro atoms. The van der Waals surface area contributed by atoms with Crippen LogP contribution in [0.1, 0.15) is 25.3 Å². The molecule has 1 unspecified atom stereocenters. The van der Waals surface area contributed by atoms with Gasteiger partial charge < -0.3 is 4.74 Å². The summed E-state index contributed by atoms with van der Waals surface area (Å²) >= 11 is 0. The monoisotopic (exact) mass is 279 g/mol. The first-order valence-electron chi connectivity index (χ1n) is 6.87. The summed E-state index contributed by atoms with van der Waals surface area (Å²) in [6.45, 7) is 4.19. The van der Waals surface area contributed by atoms with Crippen molar-refractivity contribution in [3.63, 3.8) is 0 Å². The van der Waals surface area contributed by atoms with E-state index in [0.29, 0.717) is 6.61 Å². The molecule has 1 fully saturated rings. The summed E-state index contributed by atoms with van der Waals surface area (Å²) in [5.41, 5.74) is 0.873. The van der Waals surface area contributed by atoms with Gasteiger partial charge >= 0.3 is 5.97 Å². The number of hydrogen-bond acceptors (Lipinski definition) is 3. The topological polar surface area (TPSA) is 29.5 Å². The van der Waals surface area contributed by atoms with Gasteiger partial charge in [-0.3, -0.25) is 9.46 Å². The fraction of sp³-hybridized carbons (Fsp3) is 0.533. The van der Waals surface area contributed by atoms with Crippen LogP contribution in [0.4, 0.5) is 0 Å². The quantitative estimate of drug-likeness (QED) is 0.627. The molecule has 1 aliphatic rings. The van der Waals surface area contributed by atoms with Crippen LogP contribution in [0.25, 0.3) is 0 Å². The van der Waals surface area contributed by atoms with Crippen molar-refractivity contribution in [3.05, 3.63) is 35.9 Å². The molecule has 1 aliphatic heterocycles. The Balaban J connectivity index is 2.17. The Hall–Kier alpha value is -0.920. The van der Waals surface area contributed by atoms with E-state index in [9.17, 15) is 4.79 Å². The summed E-state index contributed by atoms with van der Waals surface area (Å²) in [7, 11) is 2.72. The minimum atomic E-state index is -0.343. The van der Waals surface area contributed by atoms with Gasteiger partial charge in [0.1, 0.15) is 0 Å². The molecule has 1 saturated heterocycles. The van der Waals surface area contributed by atoms with Crippen molar-refractivity contribution in [3.8, 4) is 0 Å². The molecular formula is C15H22NO2P. The molecule has 1 atom stereocenters. The van der Waals surface area contributed by atoms with Crippen LogP contribution in [-0.2, 0) is 16.0 Å². The van der Waals surface area contributed by atoms with Gasteiger partial charge in [0.15, 0.2) is 0 Å². The Morgan fingerprint density at radius 2 is 1.95 bits per heavy atom. The first kappa shape index (κ1) is 14.5. The largest absolute Gasteiger partial charge is 0.466 e. The van der Waals surface area contributed by atoms with Gasteiger partial charge in [-0.15, -0.1) is 0 Å². The molecule has 1 aromatic carbocycles. The molecule has 4 heteroatoms. The van der Waals surface area contributed by atoms with Crippen LogP contribution >= 0.6 is 9.39 Å². The highest BCUT2D eigenvalue weighted by Gasteiger charge is 2.42. The molecular weight excluding hydrogens is 257 g/mol. The van der Waals surface area contributed by atoms with E-state index in [2.05, 4.69) is 26.2 Å². The molecule has 0 aromatic heterocycles. The smallest absolute Gasteiger partial charge is 0.312 e. The number of carbonyl (C=O) groups excluding carboxylic acids is 1. The third kappa shape index (κ3) is 3.55. The van der Waals surface area contributed by atoms with E-state index in [-0.39, 0.29) is 11.4 Å². The third-order valence-electron chi connectivity index (χ3n) is 3.85. The van der Waals surface area contributed by atoms with Crippen molar-refractivity contribution in [2.75, 3.05) is 19.7 Å². The molecule has 0 aliphatic carbocycles. The summed E-state index contributed by atoms with van der Waals surface area (Å²) in [6, 6.07) is 10.2. The second kappa shape index (κ2) is 6.49. The summed E-state index contributed by atoms with van der Waals surface area (Å²) in [5.74, 6) is -0.0306. The van der Waals surface area contributed by atoms with Crippen molar-refractivity contribution in [2.45, 2.75) is 26.2 Å². The predicted octanol–water partition coefficient (Wildman–Crippen LogP) is 2.66. The Bertz CT molecular complexity index is 413. The van der Waals surface area contributed by atoms with Gasteiger partial charge in [0, 0.05) is 13.1 Å². The molecule has 19 heavy (non-hydrogen) atoms. The fourth-order valence-electron chi connectivity index (χ4n) is 2.68. The Morgan fingerprint density at radius 3 is 2.53 bits per heavy atom. The molecule has 0 bridgehead atoms. The van der Waals surface area contributed by atoms with Crippen molar-refractivity contribution in [1.82, 2.24) is 4.67 Å². The van der Waals surface area contributed by atoms with Crippen molar-refractivity contribution in [1.29, 1.82) is 0 Å². The normalized spacial score (nSPS) is 19.1. The molecule has 104 valence electrons. The number of rotatable bonds is 4. The summed E-state index contributed by atoms with van der Waals surface area (Å²) in [5, 5.41) is 0. The van der Waals surface area contributed by atoms with E-state index in [4.69, 9.17) is 4.74 Å². The maximum Gasteiger partial charge on any atom is 0.312 e. The highest BCUT2D eigenvalue weighted by molar-refractivity contribution is 7.13. The van der Waals surface area contributed by atoms with Crippen LogP contribution in [-0.4, -0.2) is 30.3 Å². The van der Waals surface area contributed by atoms with Gasteiger partial charge in [-0.1, -0.05) is 39.7 Å². The van der Waals surface area contributed by atoms with E-state index in [1.165, 1.54) is 5.56 Å². The van der Waals surface area contributed by atoms with E-state index in [0.717, 1.165) is 32.4 Å². The number of nitrogens with zero attached hydrogens (tertiary/aromatic N) is 1. The SMILES string of the molecule is CCOC(=O)C1(Cc2ccccc2)CCN(P)CC1. The first-order valence-corrected chi connectivity index (χ1v) is 7.39. The molecule has 2 rings (SSSR count). The van der Waals surface area contributed by atoms with Gasteiger partial charge in [-0.05, 0) is 31.7 Å². The number of benzene rings is 1. The molecule has 0 amide bonds. The van der Waals surface area contributed by atoms with Crippen LogP contribution in [0.3, 0.4) is 0 Å². The molecule has 1 aromatic rings. The van der Waals surface area contributed by atoms with Crippen molar-refractivity contribution < 1.29 is 9.53 Å². The third-order valence-corrected chi connectivity index (χ3v) is 4.37. The van der Waals surface area contributed by atoms with Crippen LogP contribution < -0.4 is 0 Å². The molecule has 1 heterocycles. The van der Waals surface area contributed by atoms with E-state index in [1.807, 2.05) is 25.1 Å². The van der Waals surface area contributed by atoms with E-state index >= 15 is 0 Å². The van der Waals surface area contributed by atoms with Gasteiger partial charge in [0.05, 0.1) is 12.0 Å². The van der Waals surface area contributed by atoms with Crippen LogP contribution in [0.5, 0.6) is 0 Å². The maximum absolute atomic E-state index is 12.4. The summed E-state index contributed by atoms with van der Waals surface area (Å²) < 4.78 is 7.52. The van der Waals surface area contributed by atoms with Gasteiger partial charge in [0.2, 0.25) is 0 Å². The first-order chi connectivity index (χ1) is 9.16. The highest BCUT2D eigenvalue weighted by atomic mass is 31.0. The van der Waals surface area contributed by atoms with Crippen LogP contribution in [0, 0.1) is 5.41 Å². The zero-order valence-electron chi connectivity index (χ0n) is 11.5. The number of esters is 1. The van der Waals surface area contributed by atoms with Crippen LogP contribution in [0.2, 0.25) is 0 Å². The lowest BCUT2D eigenvalue weighted by atomic mass is 9.74. The highest BCUT2D eigenvalue weighted by Crippen LogP contribution is 2.37. The molecule has 0 radical (unpaired) electrons. The number of hydrogen-bond donors (Lipinski definition) is 0. The standard InChI is InChI=1S/C15H22NO2P/c1-2-18-14(17)15(8-10-16(19)11-9-15)12-13-6-4-3-5-7-13/h3-7H,2,8-12,19H2,1H3. The fourth-order valence-corrected chi connectivity index (χ4v) is 2.93. The number of ether oxygens (including phenoxy) is 1. The van der Waals surface area contributed by atoms with Crippen molar-refractivity contribution >= 4 is 15.4 Å². The molecule has 3 nitrogen and oxygen atoms in total. The molecule has 0 N–H and O–H groups in total. The second-order valence-electron chi connectivity index (χ2n) is 5.20. The van der Waals surface area contributed by atoms with Gasteiger partial charge in [-0.25, -0.2) is 0 Å². The lowest BCUT2D eigenvalue weighted by Gasteiger charge is -2.38. The van der Waals surface area contributed by atoms with Crippen LogP contribution in [0.15, 0.2) is 30.3 Å². The average molecular weight is 279 g/mol. The number of piperidine rings is 1. The zero-order chi connectivity index (χ0) is 13.7. The lowest BCUT2D eigenvalue weighted by molar-refractivity contribution is -0.157. The summed E-state index contributed by atoms with van der Waals surface area (Å²) in [6.07, 6.45) is 2.51. The second-order valence-corrected chi connectivity index (χ2v) is 5.93. The van der Waals surface area contributed by atoms with E-state index in [1.54, 1.807) is 0 Å². The molecule has 0 saturated carbocycles. The Kier molecular flexibility index (Phi) is 4.95. The average Bonchev–Trinajstić information content (AvgIpc) is 2.43. The Labute approximate surface area is 117 Å². The van der Waals surface area contributed by atoms with E-state index < -0.39 is 0 Å². The van der Waals surface area contributed by atoms with Gasteiger partial charge in [-0.2, -0.15) is 0 Å². The maximum atomic E-state index is 12.4. The van der Waals surface area contributed by atoms with Crippen molar-refractivity contribution in [2.24, 2.45) is 5.41 Å². The number of carbonyl (C=O) groups is 1.